The number of rotatable bonds is 2. The first-order valence-electron chi connectivity index (χ1n) is 5.37. The summed E-state index contributed by atoms with van der Waals surface area (Å²) < 4.78 is 0. The highest BCUT2D eigenvalue weighted by Crippen LogP contribution is 2.11. The summed E-state index contributed by atoms with van der Waals surface area (Å²) >= 11 is 0. The molecule has 0 spiro atoms. The average Bonchev–Trinajstić information content (AvgIpc) is 2.32. The van der Waals surface area contributed by atoms with Gasteiger partial charge in [-0.1, -0.05) is 0 Å². The fraction of sp³-hybridized carbons (Fsp3) is 0.417. The molecule has 1 aliphatic heterocycles. The predicted octanol–water partition coefficient (Wildman–Crippen LogP) is 1.12. The molecule has 0 atom stereocenters. The van der Waals surface area contributed by atoms with Gasteiger partial charge in [-0.2, -0.15) is 5.26 Å². The van der Waals surface area contributed by atoms with E-state index in [1.807, 2.05) is 12.1 Å². The Balaban J connectivity index is 1.98. The van der Waals surface area contributed by atoms with Crippen LogP contribution in [0.25, 0.3) is 0 Å². The molecule has 0 saturated carbocycles. The summed E-state index contributed by atoms with van der Waals surface area (Å²) in [6.45, 7) is 2.44. The molecule has 2 rings (SSSR count). The van der Waals surface area contributed by atoms with Crippen molar-refractivity contribution in [1.29, 1.82) is 5.26 Å². The van der Waals surface area contributed by atoms with Crippen molar-refractivity contribution in [1.82, 2.24) is 9.88 Å². The van der Waals surface area contributed by atoms with Gasteiger partial charge in [0.05, 0.1) is 0 Å². The van der Waals surface area contributed by atoms with Gasteiger partial charge < -0.3 is 0 Å². The molecule has 4 heteroatoms. The maximum Gasteiger partial charge on any atom is 0.140 e. The number of Topliss-reactive ketones (excluding diaryl/α,β-unsaturated/α-hetero) is 1. The topological polar surface area (TPSA) is 57.0 Å². The van der Waals surface area contributed by atoms with Crippen molar-refractivity contribution in [3.63, 3.8) is 0 Å². The molecule has 0 aromatic carbocycles. The van der Waals surface area contributed by atoms with E-state index in [1.54, 1.807) is 12.3 Å². The predicted molar refractivity (Wildman–Crippen MR) is 58.5 cm³/mol. The van der Waals surface area contributed by atoms with Gasteiger partial charge in [0, 0.05) is 38.7 Å². The standard InChI is InChI=1S/C12H13N3O/c13-8-11-7-10(1-4-14-11)9-15-5-2-12(16)3-6-15/h1,4,7H,2-3,5-6,9H2. The first kappa shape index (κ1) is 10.8. The molecule has 4 nitrogen and oxygen atoms in total. The van der Waals surface area contributed by atoms with Gasteiger partial charge in [-0.3, -0.25) is 9.69 Å². The van der Waals surface area contributed by atoms with Crippen LogP contribution < -0.4 is 0 Å². The Kier molecular flexibility index (Phi) is 3.28. The zero-order chi connectivity index (χ0) is 11.4. The van der Waals surface area contributed by atoms with E-state index in [-0.39, 0.29) is 0 Å². The van der Waals surface area contributed by atoms with Crippen molar-refractivity contribution in [2.75, 3.05) is 13.1 Å². The molecule has 0 amide bonds. The van der Waals surface area contributed by atoms with Crippen LogP contribution in [0.4, 0.5) is 0 Å². The summed E-state index contributed by atoms with van der Waals surface area (Å²) in [5.41, 5.74) is 1.53. The van der Waals surface area contributed by atoms with Crippen molar-refractivity contribution in [3.8, 4) is 6.07 Å². The molecule has 82 valence electrons. The van der Waals surface area contributed by atoms with Crippen molar-refractivity contribution < 1.29 is 4.79 Å². The van der Waals surface area contributed by atoms with E-state index in [2.05, 4.69) is 9.88 Å². The molecule has 1 aromatic heterocycles. The van der Waals surface area contributed by atoms with Crippen molar-refractivity contribution >= 4 is 5.78 Å². The molecule has 0 bridgehead atoms. The third-order valence-corrected chi connectivity index (χ3v) is 2.76. The Hall–Kier alpha value is -1.73. The van der Waals surface area contributed by atoms with Crippen LogP contribution >= 0.6 is 0 Å². The van der Waals surface area contributed by atoms with E-state index in [9.17, 15) is 4.79 Å². The van der Waals surface area contributed by atoms with Gasteiger partial charge in [0.25, 0.3) is 0 Å². The van der Waals surface area contributed by atoms with Gasteiger partial charge in [-0.05, 0) is 17.7 Å². The van der Waals surface area contributed by atoms with Crippen molar-refractivity contribution in [2.24, 2.45) is 0 Å². The summed E-state index contributed by atoms with van der Waals surface area (Å²) in [6.07, 6.45) is 2.95. The van der Waals surface area contributed by atoms with Crippen LogP contribution in [0, 0.1) is 11.3 Å². The van der Waals surface area contributed by atoms with Gasteiger partial charge in [0.2, 0.25) is 0 Å². The number of carbonyl (C=O) groups is 1. The van der Waals surface area contributed by atoms with Gasteiger partial charge in [0.1, 0.15) is 17.5 Å². The number of ketones is 1. The number of piperidine rings is 1. The molecule has 2 heterocycles. The molecule has 1 saturated heterocycles. The highest BCUT2D eigenvalue weighted by Gasteiger charge is 2.15. The molecule has 0 unspecified atom stereocenters. The lowest BCUT2D eigenvalue weighted by molar-refractivity contribution is -0.121. The Morgan fingerprint density at radius 1 is 1.44 bits per heavy atom. The number of hydrogen-bond donors (Lipinski definition) is 0. The maximum atomic E-state index is 11.1. The minimum atomic E-state index is 0.351. The normalized spacial score (nSPS) is 17.1. The lowest BCUT2D eigenvalue weighted by Crippen LogP contribution is -2.33. The Labute approximate surface area is 94.5 Å². The van der Waals surface area contributed by atoms with Crippen LogP contribution in [0.2, 0.25) is 0 Å². The third kappa shape index (κ3) is 2.65. The number of pyridine rings is 1. The molecular weight excluding hydrogens is 202 g/mol. The first-order chi connectivity index (χ1) is 7.78. The summed E-state index contributed by atoms with van der Waals surface area (Å²) in [7, 11) is 0. The summed E-state index contributed by atoms with van der Waals surface area (Å²) in [4.78, 5) is 17.2. The largest absolute Gasteiger partial charge is 0.300 e. The van der Waals surface area contributed by atoms with E-state index in [0.29, 0.717) is 24.3 Å². The first-order valence-corrected chi connectivity index (χ1v) is 5.37. The van der Waals surface area contributed by atoms with Gasteiger partial charge in [0.15, 0.2) is 0 Å². The molecule has 1 aliphatic rings. The molecule has 1 aromatic rings. The summed E-state index contributed by atoms with van der Waals surface area (Å²) in [5, 5.41) is 8.73. The second-order valence-corrected chi connectivity index (χ2v) is 3.98. The summed E-state index contributed by atoms with van der Waals surface area (Å²) in [5.74, 6) is 0.351. The number of nitriles is 1. The summed E-state index contributed by atoms with van der Waals surface area (Å²) in [6, 6.07) is 5.74. The SMILES string of the molecule is N#Cc1cc(CN2CCC(=O)CC2)ccn1. The smallest absolute Gasteiger partial charge is 0.140 e. The maximum absolute atomic E-state index is 11.1. The second-order valence-electron chi connectivity index (χ2n) is 3.98. The van der Waals surface area contributed by atoms with Crippen LogP contribution in [-0.4, -0.2) is 28.8 Å². The number of carbonyl (C=O) groups excluding carboxylic acids is 1. The van der Waals surface area contributed by atoms with Gasteiger partial charge in [-0.15, -0.1) is 0 Å². The number of aromatic nitrogens is 1. The minimum Gasteiger partial charge on any atom is -0.300 e. The second kappa shape index (κ2) is 4.86. The minimum absolute atomic E-state index is 0.351. The Morgan fingerprint density at radius 2 is 2.19 bits per heavy atom. The third-order valence-electron chi connectivity index (χ3n) is 2.76. The highest BCUT2D eigenvalue weighted by atomic mass is 16.1. The fourth-order valence-electron chi connectivity index (χ4n) is 1.85. The average molecular weight is 215 g/mol. The van der Waals surface area contributed by atoms with E-state index in [1.165, 1.54) is 0 Å². The Bertz CT molecular complexity index is 426. The van der Waals surface area contributed by atoms with Gasteiger partial charge >= 0.3 is 0 Å². The van der Waals surface area contributed by atoms with E-state index >= 15 is 0 Å². The van der Waals surface area contributed by atoms with E-state index < -0.39 is 0 Å². The molecule has 0 radical (unpaired) electrons. The fourth-order valence-corrected chi connectivity index (χ4v) is 1.85. The van der Waals surface area contributed by atoms with Crippen molar-refractivity contribution in [2.45, 2.75) is 19.4 Å². The Morgan fingerprint density at radius 3 is 2.88 bits per heavy atom. The number of likely N-dealkylation sites (tertiary alicyclic amines) is 1. The van der Waals surface area contributed by atoms with Crippen LogP contribution in [0.3, 0.4) is 0 Å². The number of hydrogen-bond acceptors (Lipinski definition) is 4. The molecule has 0 N–H and O–H groups in total. The lowest BCUT2D eigenvalue weighted by atomic mass is 10.1. The van der Waals surface area contributed by atoms with Crippen LogP contribution in [-0.2, 0) is 11.3 Å². The monoisotopic (exact) mass is 215 g/mol. The lowest BCUT2D eigenvalue weighted by Gasteiger charge is -2.25. The molecule has 0 aliphatic carbocycles. The molecule has 16 heavy (non-hydrogen) atoms. The van der Waals surface area contributed by atoms with E-state index in [4.69, 9.17) is 5.26 Å². The quantitative estimate of drug-likeness (QED) is 0.741. The van der Waals surface area contributed by atoms with Crippen molar-refractivity contribution in [3.05, 3.63) is 29.6 Å². The number of nitrogens with zero attached hydrogens (tertiary/aromatic N) is 3. The zero-order valence-electron chi connectivity index (χ0n) is 9.02. The van der Waals surface area contributed by atoms with Crippen LogP contribution in [0.5, 0.6) is 0 Å². The van der Waals surface area contributed by atoms with Crippen LogP contribution in [0.15, 0.2) is 18.3 Å². The van der Waals surface area contributed by atoms with Gasteiger partial charge in [-0.25, -0.2) is 4.98 Å². The highest BCUT2D eigenvalue weighted by molar-refractivity contribution is 5.79. The molecule has 1 fully saturated rings. The zero-order valence-corrected chi connectivity index (χ0v) is 9.02. The van der Waals surface area contributed by atoms with E-state index in [0.717, 1.165) is 25.2 Å². The van der Waals surface area contributed by atoms with Crippen LogP contribution in [0.1, 0.15) is 24.1 Å². The molecular formula is C12H13N3O.